The zero-order valence-corrected chi connectivity index (χ0v) is 10.5. The molecule has 1 aliphatic rings. The second-order valence-electron chi connectivity index (χ2n) is 5.64. The molecule has 0 bridgehead atoms. The van der Waals surface area contributed by atoms with Crippen LogP contribution in [0, 0.1) is 11.8 Å². The average molecular weight is 213 g/mol. The van der Waals surface area contributed by atoms with Crippen LogP contribution in [0.15, 0.2) is 0 Å². The lowest BCUT2D eigenvalue weighted by atomic mass is 9.86. The largest absolute Gasteiger partial charge is 0.395 e. The summed E-state index contributed by atoms with van der Waals surface area (Å²) in [5.74, 6) is 1.52. The van der Waals surface area contributed by atoms with E-state index in [1.54, 1.807) is 0 Å². The van der Waals surface area contributed by atoms with Crippen LogP contribution in [0.3, 0.4) is 0 Å². The first-order chi connectivity index (χ1) is 7.11. The smallest absolute Gasteiger partial charge is 0.0584 e. The Labute approximate surface area is 94.5 Å². The summed E-state index contributed by atoms with van der Waals surface area (Å²) in [6, 6.07) is 0.949. The van der Waals surface area contributed by atoms with Crippen LogP contribution in [0.5, 0.6) is 0 Å². The van der Waals surface area contributed by atoms with Crippen molar-refractivity contribution in [3.63, 3.8) is 0 Å². The van der Waals surface area contributed by atoms with E-state index < -0.39 is 0 Å². The summed E-state index contributed by atoms with van der Waals surface area (Å²) in [4.78, 5) is 0. The van der Waals surface area contributed by atoms with E-state index in [9.17, 15) is 5.11 Å². The third-order valence-electron chi connectivity index (χ3n) is 3.38. The molecule has 15 heavy (non-hydrogen) atoms. The van der Waals surface area contributed by atoms with Crippen LogP contribution < -0.4 is 5.32 Å². The maximum Gasteiger partial charge on any atom is 0.0584 e. The van der Waals surface area contributed by atoms with Gasteiger partial charge in [0, 0.05) is 12.1 Å². The maximum absolute atomic E-state index is 9.31. The normalized spacial score (nSPS) is 29.4. The van der Waals surface area contributed by atoms with Crippen molar-refractivity contribution < 1.29 is 5.11 Å². The van der Waals surface area contributed by atoms with Crippen molar-refractivity contribution in [3.05, 3.63) is 0 Å². The fraction of sp³-hybridized carbons (Fsp3) is 1.00. The van der Waals surface area contributed by atoms with Gasteiger partial charge in [0.1, 0.15) is 0 Å². The lowest BCUT2D eigenvalue weighted by Gasteiger charge is -2.31. The van der Waals surface area contributed by atoms with Gasteiger partial charge in [0.05, 0.1) is 6.61 Å². The molecule has 0 heterocycles. The zero-order valence-electron chi connectivity index (χ0n) is 10.5. The van der Waals surface area contributed by atoms with E-state index >= 15 is 0 Å². The summed E-state index contributed by atoms with van der Waals surface area (Å²) in [6.45, 7) is 7.05. The standard InChI is InChI=1S/C13H27NO/c1-10(2)7-13(9-15)14-12-6-4-5-11(3)8-12/h10-15H,4-9H2,1-3H3/t11-,12-,13-/m0/s1. The quantitative estimate of drug-likeness (QED) is 0.735. The highest BCUT2D eigenvalue weighted by molar-refractivity contribution is 4.80. The molecule has 0 radical (unpaired) electrons. The molecule has 3 atom stereocenters. The van der Waals surface area contributed by atoms with E-state index in [-0.39, 0.29) is 6.61 Å². The van der Waals surface area contributed by atoms with Gasteiger partial charge in [-0.05, 0) is 31.1 Å². The first-order valence-corrected chi connectivity index (χ1v) is 6.48. The van der Waals surface area contributed by atoms with Gasteiger partial charge in [-0.3, -0.25) is 0 Å². The molecular formula is C13H27NO. The molecule has 0 aliphatic heterocycles. The van der Waals surface area contributed by atoms with Crippen LogP contribution in [0.25, 0.3) is 0 Å². The van der Waals surface area contributed by atoms with Crippen LogP contribution in [0.4, 0.5) is 0 Å². The summed E-state index contributed by atoms with van der Waals surface area (Å²) in [5.41, 5.74) is 0. The highest BCUT2D eigenvalue weighted by Gasteiger charge is 2.21. The Bertz CT molecular complexity index is 168. The first-order valence-electron chi connectivity index (χ1n) is 6.48. The highest BCUT2D eigenvalue weighted by Crippen LogP contribution is 2.24. The van der Waals surface area contributed by atoms with Gasteiger partial charge < -0.3 is 10.4 Å². The van der Waals surface area contributed by atoms with Gasteiger partial charge >= 0.3 is 0 Å². The molecule has 0 aromatic heterocycles. The van der Waals surface area contributed by atoms with E-state index in [1.165, 1.54) is 25.7 Å². The number of aliphatic hydroxyl groups is 1. The molecule has 1 fully saturated rings. The number of nitrogens with one attached hydrogen (secondary N) is 1. The molecule has 0 aromatic carbocycles. The number of aliphatic hydroxyl groups excluding tert-OH is 1. The molecule has 90 valence electrons. The fourth-order valence-corrected chi connectivity index (χ4v) is 2.68. The molecule has 1 saturated carbocycles. The predicted octanol–water partition coefficient (Wildman–Crippen LogP) is 2.56. The number of rotatable bonds is 5. The Kier molecular flexibility index (Phi) is 5.62. The van der Waals surface area contributed by atoms with Crippen molar-refractivity contribution in [2.45, 2.75) is 65.0 Å². The average Bonchev–Trinajstić information content (AvgIpc) is 2.16. The van der Waals surface area contributed by atoms with Crippen molar-refractivity contribution in [2.75, 3.05) is 6.61 Å². The Morgan fingerprint density at radius 1 is 1.33 bits per heavy atom. The van der Waals surface area contributed by atoms with Gasteiger partial charge in [-0.25, -0.2) is 0 Å². The predicted molar refractivity (Wildman–Crippen MR) is 64.9 cm³/mol. The van der Waals surface area contributed by atoms with Gasteiger partial charge in [-0.15, -0.1) is 0 Å². The van der Waals surface area contributed by atoms with E-state index in [2.05, 4.69) is 26.1 Å². The van der Waals surface area contributed by atoms with Gasteiger partial charge in [0.25, 0.3) is 0 Å². The summed E-state index contributed by atoms with van der Waals surface area (Å²) < 4.78 is 0. The third-order valence-corrected chi connectivity index (χ3v) is 3.38. The summed E-state index contributed by atoms with van der Waals surface area (Å²) >= 11 is 0. The van der Waals surface area contributed by atoms with E-state index in [1.807, 2.05) is 0 Å². The van der Waals surface area contributed by atoms with Crippen molar-refractivity contribution >= 4 is 0 Å². The van der Waals surface area contributed by atoms with Crippen LogP contribution in [0.1, 0.15) is 52.9 Å². The summed E-state index contributed by atoms with van der Waals surface area (Å²) in [6.07, 6.45) is 6.39. The molecular weight excluding hydrogens is 186 g/mol. The Morgan fingerprint density at radius 3 is 2.60 bits per heavy atom. The maximum atomic E-state index is 9.31. The van der Waals surface area contributed by atoms with Crippen molar-refractivity contribution in [1.29, 1.82) is 0 Å². The fourth-order valence-electron chi connectivity index (χ4n) is 2.68. The molecule has 1 rings (SSSR count). The summed E-state index contributed by atoms with van der Waals surface area (Å²) in [7, 11) is 0. The molecule has 0 aromatic rings. The number of hydrogen-bond donors (Lipinski definition) is 2. The van der Waals surface area contributed by atoms with Crippen LogP contribution in [-0.2, 0) is 0 Å². The van der Waals surface area contributed by atoms with Crippen molar-refractivity contribution in [1.82, 2.24) is 5.32 Å². The van der Waals surface area contributed by atoms with E-state index in [4.69, 9.17) is 0 Å². The Balaban J connectivity index is 2.30. The molecule has 0 unspecified atom stereocenters. The van der Waals surface area contributed by atoms with Gasteiger partial charge in [0.15, 0.2) is 0 Å². The molecule has 2 N–H and O–H groups in total. The van der Waals surface area contributed by atoms with Gasteiger partial charge in [-0.2, -0.15) is 0 Å². The third kappa shape index (κ3) is 4.98. The SMILES string of the molecule is CC(C)C[C@@H](CO)N[C@H]1CCC[C@H](C)C1. The lowest BCUT2D eigenvalue weighted by molar-refractivity contribution is 0.191. The minimum atomic E-state index is 0.281. The number of hydrogen-bond acceptors (Lipinski definition) is 2. The minimum absolute atomic E-state index is 0.281. The molecule has 2 heteroatoms. The molecule has 1 aliphatic carbocycles. The van der Waals surface area contributed by atoms with Crippen LogP contribution >= 0.6 is 0 Å². The Morgan fingerprint density at radius 2 is 2.07 bits per heavy atom. The zero-order chi connectivity index (χ0) is 11.3. The Hall–Kier alpha value is -0.0800. The van der Waals surface area contributed by atoms with Gasteiger partial charge in [0.2, 0.25) is 0 Å². The molecule has 0 amide bonds. The second-order valence-corrected chi connectivity index (χ2v) is 5.64. The second kappa shape index (κ2) is 6.49. The topological polar surface area (TPSA) is 32.3 Å². The monoisotopic (exact) mass is 213 g/mol. The van der Waals surface area contributed by atoms with E-state index in [0.29, 0.717) is 18.0 Å². The highest BCUT2D eigenvalue weighted by atomic mass is 16.3. The molecule has 0 spiro atoms. The van der Waals surface area contributed by atoms with Crippen molar-refractivity contribution in [3.8, 4) is 0 Å². The van der Waals surface area contributed by atoms with E-state index in [0.717, 1.165) is 12.3 Å². The minimum Gasteiger partial charge on any atom is -0.395 e. The van der Waals surface area contributed by atoms with Crippen LogP contribution in [-0.4, -0.2) is 23.8 Å². The summed E-state index contributed by atoms with van der Waals surface area (Å²) in [5, 5.41) is 12.9. The van der Waals surface area contributed by atoms with Crippen LogP contribution in [0.2, 0.25) is 0 Å². The molecule has 2 nitrogen and oxygen atoms in total. The lowest BCUT2D eigenvalue weighted by Crippen LogP contribution is -2.43. The first kappa shape index (κ1) is 13.0. The van der Waals surface area contributed by atoms with Crippen molar-refractivity contribution in [2.24, 2.45) is 11.8 Å². The molecule has 0 saturated heterocycles. The van der Waals surface area contributed by atoms with Gasteiger partial charge in [-0.1, -0.05) is 33.6 Å².